The van der Waals surface area contributed by atoms with Crippen LogP contribution in [0.5, 0.6) is 0 Å². The number of hydrogen-bond acceptors (Lipinski definition) is 5. The fourth-order valence-electron chi connectivity index (χ4n) is 2.46. The highest BCUT2D eigenvalue weighted by Gasteiger charge is 2.15. The molecule has 0 unspecified atom stereocenters. The summed E-state index contributed by atoms with van der Waals surface area (Å²) in [6, 6.07) is 9.58. The van der Waals surface area contributed by atoms with Gasteiger partial charge in [0.1, 0.15) is 0 Å². The van der Waals surface area contributed by atoms with Crippen molar-refractivity contribution in [3.8, 4) is 11.6 Å². The van der Waals surface area contributed by atoms with Crippen LogP contribution in [-0.2, 0) is 11.8 Å². The molecule has 0 aliphatic rings. The topological polar surface area (TPSA) is 73.0 Å². The first-order valence-corrected chi connectivity index (χ1v) is 9.36. The van der Waals surface area contributed by atoms with Crippen molar-refractivity contribution in [1.29, 1.82) is 0 Å². The highest BCUT2D eigenvalue weighted by Crippen LogP contribution is 2.26. The van der Waals surface area contributed by atoms with Crippen LogP contribution in [0.2, 0.25) is 0 Å². The maximum atomic E-state index is 12.2. The standard InChI is InChI=1S/C17H17BrN4O2S/c1-10-6-11(2)8-12(7-10)19-15(23)9-25-17-21-20-16(22(17)3)13-4-5-14(18)24-13/h4-8H,9H2,1-3H3,(H,19,23). The van der Waals surface area contributed by atoms with E-state index in [1.807, 2.05) is 39.1 Å². The summed E-state index contributed by atoms with van der Waals surface area (Å²) in [5, 5.41) is 11.8. The fourth-order valence-corrected chi connectivity index (χ4v) is 3.48. The van der Waals surface area contributed by atoms with Gasteiger partial charge in [-0.2, -0.15) is 0 Å². The van der Waals surface area contributed by atoms with Gasteiger partial charge in [-0.1, -0.05) is 17.8 Å². The first-order chi connectivity index (χ1) is 11.9. The Morgan fingerprint density at radius 2 is 1.96 bits per heavy atom. The van der Waals surface area contributed by atoms with Crippen molar-refractivity contribution in [1.82, 2.24) is 14.8 Å². The van der Waals surface area contributed by atoms with Crippen molar-refractivity contribution >= 4 is 39.3 Å². The number of furan rings is 1. The predicted octanol–water partition coefficient (Wildman–Crippen LogP) is 4.19. The molecule has 0 radical (unpaired) electrons. The van der Waals surface area contributed by atoms with E-state index >= 15 is 0 Å². The Bertz CT molecular complexity index is 899. The molecule has 3 aromatic rings. The van der Waals surface area contributed by atoms with Gasteiger partial charge >= 0.3 is 0 Å². The number of rotatable bonds is 5. The molecule has 0 saturated carbocycles. The lowest BCUT2D eigenvalue weighted by Crippen LogP contribution is -2.14. The number of nitrogens with zero attached hydrogens (tertiary/aromatic N) is 3. The summed E-state index contributed by atoms with van der Waals surface area (Å²) in [6.07, 6.45) is 0. The van der Waals surface area contributed by atoms with E-state index in [0.717, 1.165) is 16.8 Å². The van der Waals surface area contributed by atoms with Crippen LogP contribution in [0.15, 0.2) is 44.6 Å². The van der Waals surface area contributed by atoms with Crippen molar-refractivity contribution in [2.75, 3.05) is 11.1 Å². The second kappa shape index (κ2) is 7.45. The van der Waals surface area contributed by atoms with Crippen LogP contribution in [-0.4, -0.2) is 26.4 Å². The van der Waals surface area contributed by atoms with Crippen LogP contribution in [0.4, 0.5) is 5.69 Å². The van der Waals surface area contributed by atoms with Gasteiger partial charge in [-0.15, -0.1) is 10.2 Å². The molecule has 130 valence electrons. The number of carbonyl (C=O) groups is 1. The van der Waals surface area contributed by atoms with Gasteiger partial charge in [0, 0.05) is 12.7 Å². The van der Waals surface area contributed by atoms with Crippen molar-refractivity contribution in [2.45, 2.75) is 19.0 Å². The smallest absolute Gasteiger partial charge is 0.234 e. The molecule has 0 fully saturated rings. The third-order valence-electron chi connectivity index (χ3n) is 3.47. The van der Waals surface area contributed by atoms with Crippen LogP contribution in [0.25, 0.3) is 11.6 Å². The number of nitrogens with one attached hydrogen (secondary N) is 1. The number of aryl methyl sites for hydroxylation is 2. The van der Waals surface area contributed by atoms with Gasteiger partial charge in [0.25, 0.3) is 0 Å². The maximum absolute atomic E-state index is 12.2. The Labute approximate surface area is 158 Å². The molecule has 1 N–H and O–H groups in total. The van der Waals surface area contributed by atoms with E-state index in [0.29, 0.717) is 21.4 Å². The van der Waals surface area contributed by atoms with E-state index in [9.17, 15) is 4.79 Å². The second-order valence-electron chi connectivity index (χ2n) is 5.68. The first-order valence-electron chi connectivity index (χ1n) is 7.58. The summed E-state index contributed by atoms with van der Waals surface area (Å²) < 4.78 is 7.93. The average Bonchev–Trinajstić information content (AvgIpc) is 3.10. The minimum absolute atomic E-state index is 0.0831. The lowest BCUT2D eigenvalue weighted by Gasteiger charge is -2.07. The third kappa shape index (κ3) is 4.32. The lowest BCUT2D eigenvalue weighted by atomic mass is 10.1. The number of halogens is 1. The van der Waals surface area contributed by atoms with Gasteiger partial charge in [0.15, 0.2) is 21.4 Å². The van der Waals surface area contributed by atoms with Gasteiger partial charge in [0.05, 0.1) is 5.75 Å². The van der Waals surface area contributed by atoms with E-state index < -0.39 is 0 Å². The Kier molecular flexibility index (Phi) is 5.29. The Morgan fingerprint density at radius 3 is 2.60 bits per heavy atom. The van der Waals surface area contributed by atoms with E-state index in [4.69, 9.17) is 4.42 Å². The van der Waals surface area contributed by atoms with Gasteiger partial charge in [-0.3, -0.25) is 4.79 Å². The van der Waals surface area contributed by atoms with Crippen molar-refractivity contribution in [3.63, 3.8) is 0 Å². The fraction of sp³-hybridized carbons (Fsp3) is 0.235. The molecule has 0 bridgehead atoms. The number of carbonyl (C=O) groups excluding carboxylic acids is 1. The van der Waals surface area contributed by atoms with Gasteiger partial charge in [0.2, 0.25) is 5.91 Å². The largest absolute Gasteiger partial charge is 0.446 e. The number of aromatic nitrogens is 3. The first kappa shape index (κ1) is 17.8. The van der Waals surface area contributed by atoms with E-state index in [1.165, 1.54) is 11.8 Å². The number of anilines is 1. The van der Waals surface area contributed by atoms with Crippen LogP contribution in [0.3, 0.4) is 0 Å². The molecule has 1 aromatic carbocycles. The second-order valence-corrected chi connectivity index (χ2v) is 7.41. The normalized spacial score (nSPS) is 10.9. The molecule has 0 aliphatic carbocycles. The molecule has 0 saturated heterocycles. The minimum Gasteiger partial charge on any atom is -0.446 e. The highest BCUT2D eigenvalue weighted by molar-refractivity contribution is 9.10. The molecule has 2 heterocycles. The summed E-state index contributed by atoms with van der Waals surface area (Å²) in [6.45, 7) is 4.01. The number of thioether (sulfide) groups is 1. The van der Waals surface area contributed by atoms with Gasteiger partial charge in [-0.05, 0) is 65.2 Å². The quantitative estimate of drug-likeness (QED) is 0.626. The molecule has 6 nitrogen and oxygen atoms in total. The lowest BCUT2D eigenvalue weighted by molar-refractivity contribution is -0.113. The van der Waals surface area contributed by atoms with Crippen molar-refractivity contribution < 1.29 is 9.21 Å². The summed E-state index contributed by atoms with van der Waals surface area (Å²) in [7, 11) is 1.84. The maximum Gasteiger partial charge on any atom is 0.234 e. The molecule has 0 spiro atoms. The molecule has 0 atom stereocenters. The zero-order chi connectivity index (χ0) is 18.0. The molecule has 0 aliphatic heterocycles. The van der Waals surface area contributed by atoms with E-state index in [-0.39, 0.29) is 11.7 Å². The summed E-state index contributed by atoms with van der Waals surface area (Å²) in [5.74, 6) is 1.40. The van der Waals surface area contributed by atoms with Crippen molar-refractivity contribution in [2.24, 2.45) is 7.05 Å². The summed E-state index contributed by atoms with van der Waals surface area (Å²) in [5.41, 5.74) is 3.04. The van der Waals surface area contributed by atoms with Gasteiger partial charge < -0.3 is 14.3 Å². The third-order valence-corrected chi connectivity index (χ3v) is 4.91. The Balaban J connectivity index is 1.63. The Hall–Kier alpha value is -2.06. The molecule has 1 amide bonds. The molecule has 3 rings (SSSR count). The minimum atomic E-state index is -0.0831. The summed E-state index contributed by atoms with van der Waals surface area (Å²) >= 11 is 4.60. The van der Waals surface area contributed by atoms with Gasteiger partial charge in [-0.25, -0.2) is 0 Å². The predicted molar refractivity (Wildman–Crippen MR) is 102 cm³/mol. The van der Waals surface area contributed by atoms with Crippen LogP contribution in [0.1, 0.15) is 11.1 Å². The molecular formula is C17H17BrN4O2S. The van der Waals surface area contributed by atoms with E-state index in [2.05, 4.69) is 37.5 Å². The number of amides is 1. The van der Waals surface area contributed by atoms with Crippen molar-refractivity contribution in [3.05, 3.63) is 46.1 Å². The molecular weight excluding hydrogens is 404 g/mol. The number of hydrogen-bond donors (Lipinski definition) is 1. The highest BCUT2D eigenvalue weighted by atomic mass is 79.9. The van der Waals surface area contributed by atoms with Crippen LogP contribution < -0.4 is 5.32 Å². The number of benzene rings is 1. The Morgan fingerprint density at radius 1 is 1.24 bits per heavy atom. The van der Waals surface area contributed by atoms with Crippen LogP contribution >= 0.6 is 27.7 Å². The summed E-state index contributed by atoms with van der Waals surface area (Å²) in [4.78, 5) is 12.2. The molecule has 8 heteroatoms. The zero-order valence-electron chi connectivity index (χ0n) is 14.0. The average molecular weight is 421 g/mol. The molecule has 2 aromatic heterocycles. The van der Waals surface area contributed by atoms with Crippen LogP contribution in [0, 0.1) is 13.8 Å². The molecule has 25 heavy (non-hydrogen) atoms. The monoisotopic (exact) mass is 420 g/mol. The zero-order valence-corrected chi connectivity index (χ0v) is 16.4. The van der Waals surface area contributed by atoms with E-state index in [1.54, 1.807) is 10.6 Å². The SMILES string of the molecule is Cc1cc(C)cc(NC(=O)CSc2nnc(-c3ccc(Br)o3)n2C)c1.